The summed E-state index contributed by atoms with van der Waals surface area (Å²) in [7, 11) is 0. The Morgan fingerprint density at radius 1 is 1.11 bits per heavy atom. The molecule has 0 saturated heterocycles. The SMILES string of the molecule is CC(C)(/C=N/OCC(=O)O)CC1C(SC(C)(C)C)c2cc(OCC3CCc4ccccc4N3)ccc2N1Cc1ccc(Cl)cc1. The number of carboxylic acid groups (broad SMARTS) is 1. The van der Waals surface area contributed by atoms with Gasteiger partial charge >= 0.3 is 5.97 Å². The number of carbonyl (C=O) groups is 1. The van der Waals surface area contributed by atoms with Gasteiger partial charge in [0.15, 0.2) is 0 Å². The summed E-state index contributed by atoms with van der Waals surface area (Å²) in [5, 5.41) is 17.5. The second-order valence-corrected chi connectivity index (χ2v) is 16.0. The largest absolute Gasteiger partial charge is 0.491 e. The molecule has 9 heteroatoms. The number of carboxylic acids is 1. The number of ether oxygens (including phenoxy) is 1. The minimum absolute atomic E-state index is 0.00949. The Morgan fingerprint density at radius 3 is 2.60 bits per heavy atom. The first-order valence-corrected chi connectivity index (χ1v) is 16.8. The molecule has 2 heterocycles. The van der Waals surface area contributed by atoms with Crippen molar-refractivity contribution in [1.82, 2.24) is 0 Å². The van der Waals surface area contributed by atoms with Gasteiger partial charge < -0.3 is 24.9 Å². The molecule has 3 atom stereocenters. The molecule has 0 aromatic heterocycles. The van der Waals surface area contributed by atoms with Gasteiger partial charge in [-0.25, -0.2) is 4.79 Å². The Hall–Kier alpha value is -3.36. The molecule has 0 spiro atoms. The van der Waals surface area contributed by atoms with Crippen molar-refractivity contribution in [3.05, 3.63) is 88.4 Å². The quantitative estimate of drug-likeness (QED) is 0.150. The number of thioether (sulfide) groups is 1. The zero-order valence-corrected chi connectivity index (χ0v) is 28.3. The molecule has 45 heavy (non-hydrogen) atoms. The molecule has 3 aromatic carbocycles. The third kappa shape index (κ3) is 8.88. The van der Waals surface area contributed by atoms with Crippen LogP contribution in [0, 0.1) is 5.41 Å². The predicted octanol–water partition coefficient (Wildman–Crippen LogP) is 8.61. The third-order valence-electron chi connectivity index (χ3n) is 8.10. The Bertz CT molecular complexity index is 1500. The maximum atomic E-state index is 10.9. The Labute approximate surface area is 276 Å². The predicted molar refractivity (Wildman–Crippen MR) is 186 cm³/mol. The highest BCUT2D eigenvalue weighted by molar-refractivity contribution is 8.00. The van der Waals surface area contributed by atoms with Crippen molar-refractivity contribution < 1.29 is 19.5 Å². The summed E-state index contributed by atoms with van der Waals surface area (Å²) in [5.41, 5.74) is 5.85. The van der Waals surface area contributed by atoms with Crippen LogP contribution < -0.4 is 15.0 Å². The summed E-state index contributed by atoms with van der Waals surface area (Å²) in [4.78, 5) is 18.5. The fraction of sp³-hybridized carbons (Fsp3) is 0.444. The number of rotatable bonds is 12. The lowest BCUT2D eigenvalue weighted by molar-refractivity contribution is -0.142. The molecule has 0 radical (unpaired) electrons. The van der Waals surface area contributed by atoms with Crippen molar-refractivity contribution in [3.63, 3.8) is 0 Å². The van der Waals surface area contributed by atoms with Crippen molar-refractivity contribution in [1.29, 1.82) is 0 Å². The van der Waals surface area contributed by atoms with E-state index in [4.69, 9.17) is 26.3 Å². The van der Waals surface area contributed by atoms with Crippen LogP contribution in [0.25, 0.3) is 0 Å². The molecule has 2 N–H and O–H groups in total. The lowest BCUT2D eigenvalue weighted by Crippen LogP contribution is -2.38. The molecule has 5 rings (SSSR count). The van der Waals surface area contributed by atoms with Gasteiger partial charge in [-0.1, -0.05) is 81.7 Å². The van der Waals surface area contributed by atoms with Crippen LogP contribution in [0.3, 0.4) is 0 Å². The zero-order chi connectivity index (χ0) is 32.2. The first-order valence-electron chi connectivity index (χ1n) is 15.6. The number of anilines is 2. The van der Waals surface area contributed by atoms with Crippen LogP contribution in [0.2, 0.25) is 5.02 Å². The Kier molecular flexibility index (Phi) is 10.2. The molecule has 0 fully saturated rings. The van der Waals surface area contributed by atoms with Crippen molar-refractivity contribution in [2.75, 3.05) is 23.4 Å². The maximum absolute atomic E-state index is 10.9. The first-order chi connectivity index (χ1) is 21.4. The lowest BCUT2D eigenvalue weighted by Gasteiger charge is -2.36. The van der Waals surface area contributed by atoms with E-state index >= 15 is 0 Å². The minimum atomic E-state index is -1.05. The van der Waals surface area contributed by atoms with Crippen LogP contribution in [0.5, 0.6) is 5.75 Å². The second-order valence-electron chi connectivity index (χ2n) is 13.6. The molecule has 3 unspecified atom stereocenters. The summed E-state index contributed by atoms with van der Waals surface area (Å²) in [6.07, 6.45) is 4.61. The van der Waals surface area contributed by atoms with Gasteiger partial charge in [-0.05, 0) is 72.4 Å². The molecule has 2 aliphatic rings. The van der Waals surface area contributed by atoms with Gasteiger partial charge in [-0.3, -0.25) is 0 Å². The van der Waals surface area contributed by atoms with Gasteiger partial charge in [0, 0.05) is 45.4 Å². The van der Waals surface area contributed by atoms with Crippen molar-refractivity contribution in [3.8, 4) is 5.75 Å². The van der Waals surface area contributed by atoms with Gasteiger partial charge in [0.1, 0.15) is 12.4 Å². The van der Waals surface area contributed by atoms with E-state index in [2.05, 4.69) is 105 Å². The van der Waals surface area contributed by atoms with E-state index in [9.17, 15) is 4.79 Å². The molecule has 3 aromatic rings. The van der Waals surface area contributed by atoms with Gasteiger partial charge in [0.05, 0.1) is 11.3 Å². The highest BCUT2D eigenvalue weighted by Gasteiger charge is 2.43. The molecule has 7 nitrogen and oxygen atoms in total. The van der Waals surface area contributed by atoms with E-state index in [-0.39, 0.29) is 27.5 Å². The number of benzene rings is 3. The first kappa shape index (κ1) is 33.0. The third-order valence-corrected chi connectivity index (χ3v) is 9.88. The number of nitrogens with zero attached hydrogens (tertiary/aromatic N) is 2. The highest BCUT2D eigenvalue weighted by atomic mass is 35.5. The topological polar surface area (TPSA) is 83.4 Å². The van der Waals surface area contributed by atoms with Crippen LogP contribution in [-0.4, -0.2) is 47.3 Å². The Morgan fingerprint density at radius 2 is 1.87 bits per heavy atom. The number of para-hydroxylation sites is 1. The normalized spacial score (nSPS) is 19.6. The lowest BCUT2D eigenvalue weighted by atomic mass is 9.85. The van der Waals surface area contributed by atoms with Gasteiger partial charge in [-0.2, -0.15) is 0 Å². The number of nitrogens with one attached hydrogen (secondary N) is 1. The van der Waals surface area contributed by atoms with Gasteiger partial charge in [0.2, 0.25) is 6.61 Å². The second kappa shape index (κ2) is 14.0. The summed E-state index contributed by atoms with van der Waals surface area (Å²) in [5.74, 6) is -0.169. The van der Waals surface area contributed by atoms with Crippen molar-refractivity contribution in [2.45, 2.75) is 82.5 Å². The molecule has 2 aliphatic heterocycles. The van der Waals surface area contributed by atoms with E-state index in [1.807, 2.05) is 23.9 Å². The van der Waals surface area contributed by atoms with E-state index in [1.165, 1.54) is 28.1 Å². The number of oxime groups is 1. The van der Waals surface area contributed by atoms with E-state index in [1.54, 1.807) is 6.21 Å². The maximum Gasteiger partial charge on any atom is 0.344 e. The monoisotopic (exact) mass is 649 g/mol. The van der Waals surface area contributed by atoms with Gasteiger partial charge in [0.25, 0.3) is 0 Å². The molecular weight excluding hydrogens is 606 g/mol. The molecule has 0 amide bonds. The number of aliphatic carboxylic acids is 1. The van der Waals surface area contributed by atoms with Crippen LogP contribution in [0.15, 0.2) is 71.9 Å². The van der Waals surface area contributed by atoms with E-state index in [0.717, 1.165) is 36.6 Å². The Balaban J connectivity index is 1.42. The zero-order valence-electron chi connectivity index (χ0n) is 26.8. The molecule has 240 valence electrons. The number of aryl methyl sites for hydroxylation is 1. The standard InChI is InChI=1S/C36H44ClN3O4S/c1-35(2,3)45-34-29-18-28(43-21-27-15-12-25-8-6-7-9-30(25)39-27)16-17-31(29)40(20-24-10-13-26(37)14-11-24)32(34)19-36(4,5)23-38-44-22-33(41)42/h6-11,13-14,16-18,23,27,32,34,39H,12,15,19-22H2,1-5H3,(H,41,42)/b38-23+. The van der Waals surface area contributed by atoms with Crippen LogP contribution >= 0.6 is 23.4 Å². The van der Waals surface area contributed by atoms with Crippen molar-refractivity contribution in [2.24, 2.45) is 10.6 Å². The smallest absolute Gasteiger partial charge is 0.344 e. The van der Waals surface area contributed by atoms with Crippen LogP contribution in [-0.2, 0) is 22.6 Å². The summed E-state index contributed by atoms with van der Waals surface area (Å²) >= 11 is 8.20. The number of fused-ring (bicyclic) bond motifs is 2. The number of hydrogen-bond acceptors (Lipinski definition) is 7. The minimum Gasteiger partial charge on any atom is -0.491 e. The number of hydrogen-bond donors (Lipinski definition) is 2. The van der Waals surface area contributed by atoms with E-state index < -0.39 is 12.6 Å². The molecule has 0 saturated carbocycles. The highest BCUT2D eigenvalue weighted by Crippen LogP contribution is 2.54. The fourth-order valence-electron chi connectivity index (χ4n) is 6.08. The number of halogens is 1. The fourth-order valence-corrected chi connectivity index (χ4v) is 7.68. The summed E-state index contributed by atoms with van der Waals surface area (Å²) in [6, 6.07) is 23.5. The molecule has 0 bridgehead atoms. The average Bonchev–Trinajstić information content (AvgIpc) is 3.24. The molecular formula is C36H44ClN3O4S. The molecule has 0 aliphatic carbocycles. The summed E-state index contributed by atoms with van der Waals surface area (Å²) < 4.78 is 6.47. The average molecular weight is 650 g/mol. The van der Waals surface area contributed by atoms with Crippen molar-refractivity contribution >= 4 is 46.9 Å². The van der Waals surface area contributed by atoms with Gasteiger partial charge in [-0.15, -0.1) is 11.8 Å². The van der Waals surface area contributed by atoms with Crippen LogP contribution in [0.4, 0.5) is 11.4 Å². The summed E-state index contributed by atoms with van der Waals surface area (Å²) in [6.45, 7) is 11.9. The van der Waals surface area contributed by atoms with Crippen LogP contribution in [0.1, 0.15) is 69.4 Å². The van der Waals surface area contributed by atoms with E-state index in [0.29, 0.717) is 6.61 Å².